The van der Waals surface area contributed by atoms with E-state index in [-0.39, 0.29) is 24.5 Å². The molecule has 1 fully saturated rings. The molecule has 0 spiro atoms. The van der Waals surface area contributed by atoms with Gasteiger partial charge in [-0.3, -0.25) is 9.59 Å². The number of carbonyl (C=O) groups is 3. The zero-order valence-corrected chi connectivity index (χ0v) is 14.1. The highest BCUT2D eigenvalue weighted by atomic mass is 16.6. The standard InChI is InChI=1S/C17H25NO4/c1-11(2)13(19)17(14(20)12(3)4)8-9-18(10-17)15(21)22-16(5,6)7/h1,3,8-10H2,2,4-7H3. The number of rotatable bonds is 4. The third kappa shape index (κ3) is 3.64. The fourth-order valence-corrected chi connectivity index (χ4v) is 2.58. The lowest BCUT2D eigenvalue weighted by atomic mass is 9.74. The van der Waals surface area contributed by atoms with Crippen molar-refractivity contribution in [1.29, 1.82) is 0 Å². The highest BCUT2D eigenvalue weighted by molar-refractivity contribution is 6.19. The molecule has 0 unspecified atom stereocenters. The Morgan fingerprint density at radius 1 is 1.05 bits per heavy atom. The number of carbonyl (C=O) groups excluding carboxylic acids is 3. The van der Waals surface area contributed by atoms with E-state index in [0.717, 1.165) is 0 Å². The Bertz CT molecular complexity index is 513. The first-order valence-electron chi connectivity index (χ1n) is 7.29. The number of ether oxygens (including phenoxy) is 1. The second kappa shape index (κ2) is 6.07. The molecule has 1 aliphatic heterocycles. The van der Waals surface area contributed by atoms with Crippen molar-refractivity contribution < 1.29 is 19.1 Å². The third-order valence-electron chi connectivity index (χ3n) is 3.57. The first-order chi connectivity index (χ1) is 9.90. The molecule has 0 aromatic heterocycles. The van der Waals surface area contributed by atoms with Crippen molar-refractivity contribution >= 4 is 17.7 Å². The molecule has 1 saturated heterocycles. The number of hydrogen-bond donors (Lipinski definition) is 0. The summed E-state index contributed by atoms with van der Waals surface area (Å²) in [5, 5.41) is 0. The number of Topliss-reactive ketones (excluding diaryl/α,β-unsaturated/α-hetero) is 2. The van der Waals surface area contributed by atoms with Gasteiger partial charge in [0.2, 0.25) is 0 Å². The van der Waals surface area contributed by atoms with E-state index in [2.05, 4.69) is 13.2 Å². The Labute approximate surface area is 132 Å². The van der Waals surface area contributed by atoms with E-state index in [1.165, 1.54) is 4.90 Å². The van der Waals surface area contributed by atoms with Crippen molar-refractivity contribution in [1.82, 2.24) is 4.90 Å². The monoisotopic (exact) mass is 307 g/mol. The fourth-order valence-electron chi connectivity index (χ4n) is 2.58. The molecule has 0 bridgehead atoms. The number of hydrogen-bond acceptors (Lipinski definition) is 4. The first kappa shape index (κ1) is 18.1. The summed E-state index contributed by atoms with van der Waals surface area (Å²) in [7, 11) is 0. The van der Waals surface area contributed by atoms with Crippen LogP contribution in [0.15, 0.2) is 24.3 Å². The lowest BCUT2D eigenvalue weighted by Crippen LogP contribution is -2.44. The molecule has 0 aromatic rings. The van der Waals surface area contributed by atoms with E-state index in [0.29, 0.717) is 17.7 Å². The van der Waals surface area contributed by atoms with Crippen molar-refractivity contribution in [2.24, 2.45) is 5.41 Å². The van der Waals surface area contributed by atoms with Crippen LogP contribution in [0.5, 0.6) is 0 Å². The Kier molecular flexibility index (Phi) is 5.00. The molecule has 0 aliphatic carbocycles. The van der Waals surface area contributed by atoms with Gasteiger partial charge in [0.15, 0.2) is 11.6 Å². The normalized spacial score (nSPS) is 17.0. The van der Waals surface area contributed by atoms with Crippen molar-refractivity contribution in [3.8, 4) is 0 Å². The minimum Gasteiger partial charge on any atom is -0.444 e. The number of likely N-dealkylation sites (tertiary alicyclic amines) is 1. The molecular weight excluding hydrogens is 282 g/mol. The second-order valence-electron chi connectivity index (χ2n) is 6.95. The van der Waals surface area contributed by atoms with E-state index in [1.54, 1.807) is 34.6 Å². The molecule has 122 valence electrons. The first-order valence-corrected chi connectivity index (χ1v) is 7.29. The number of amides is 1. The molecule has 5 nitrogen and oxygen atoms in total. The molecule has 0 aromatic carbocycles. The molecular formula is C17H25NO4. The van der Waals surface area contributed by atoms with Crippen LogP contribution in [0.25, 0.3) is 0 Å². The van der Waals surface area contributed by atoms with Crippen LogP contribution in [0.3, 0.4) is 0 Å². The maximum atomic E-state index is 12.5. The van der Waals surface area contributed by atoms with Crippen molar-refractivity contribution in [3.63, 3.8) is 0 Å². The van der Waals surface area contributed by atoms with Gasteiger partial charge in [-0.05, 0) is 52.2 Å². The maximum Gasteiger partial charge on any atom is 0.410 e. The van der Waals surface area contributed by atoms with Gasteiger partial charge in [-0.1, -0.05) is 13.2 Å². The SMILES string of the molecule is C=C(C)C(=O)C1(C(=O)C(=C)C)CCN(C(=O)OC(C)(C)C)C1. The quantitative estimate of drug-likeness (QED) is 0.592. The Morgan fingerprint density at radius 2 is 1.50 bits per heavy atom. The predicted molar refractivity (Wildman–Crippen MR) is 84.5 cm³/mol. The third-order valence-corrected chi connectivity index (χ3v) is 3.57. The largest absolute Gasteiger partial charge is 0.444 e. The van der Waals surface area contributed by atoms with E-state index in [9.17, 15) is 14.4 Å². The molecule has 22 heavy (non-hydrogen) atoms. The summed E-state index contributed by atoms with van der Waals surface area (Å²) in [6, 6.07) is 0. The Hall–Kier alpha value is -1.91. The highest BCUT2D eigenvalue weighted by Gasteiger charge is 2.51. The molecule has 0 atom stereocenters. The van der Waals surface area contributed by atoms with Gasteiger partial charge in [0, 0.05) is 13.1 Å². The van der Waals surface area contributed by atoms with Gasteiger partial charge in [-0.15, -0.1) is 0 Å². The van der Waals surface area contributed by atoms with Gasteiger partial charge in [0.1, 0.15) is 11.0 Å². The summed E-state index contributed by atoms with van der Waals surface area (Å²) in [4.78, 5) is 38.6. The van der Waals surface area contributed by atoms with Crippen LogP contribution in [0.4, 0.5) is 4.79 Å². The second-order valence-corrected chi connectivity index (χ2v) is 6.95. The van der Waals surface area contributed by atoms with Gasteiger partial charge in [-0.2, -0.15) is 0 Å². The summed E-state index contributed by atoms with van der Waals surface area (Å²) in [5.74, 6) is -0.655. The molecule has 0 saturated carbocycles. The summed E-state index contributed by atoms with van der Waals surface area (Å²) >= 11 is 0. The average Bonchev–Trinajstić information content (AvgIpc) is 2.80. The molecule has 0 radical (unpaired) electrons. The summed E-state index contributed by atoms with van der Waals surface area (Å²) in [5.41, 5.74) is -1.28. The Balaban J connectivity index is 3.07. The lowest BCUT2D eigenvalue weighted by Gasteiger charge is -2.28. The number of ketones is 2. The number of nitrogens with zero attached hydrogens (tertiary/aromatic N) is 1. The lowest BCUT2D eigenvalue weighted by molar-refractivity contribution is -0.135. The van der Waals surface area contributed by atoms with Crippen LogP contribution < -0.4 is 0 Å². The van der Waals surface area contributed by atoms with E-state index in [4.69, 9.17) is 4.74 Å². The van der Waals surface area contributed by atoms with Crippen LogP contribution in [0.1, 0.15) is 41.0 Å². The van der Waals surface area contributed by atoms with E-state index < -0.39 is 17.1 Å². The number of allylic oxidation sites excluding steroid dienone is 2. The zero-order valence-electron chi connectivity index (χ0n) is 14.1. The minimum absolute atomic E-state index is 0.0132. The van der Waals surface area contributed by atoms with Gasteiger partial charge >= 0.3 is 6.09 Å². The summed E-state index contributed by atoms with van der Waals surface area (Å²) in [6.07, 6.45) is -0.248. The highest BCUT2D eigenvalue weighted by Crippen LogP contribution is 2.37. The minimum atomic E-state index is -1.27. The molecule has 1 heterocycles. The van der Waals surface area contributed by atoms with E-state index in [1.807, 2.05) is 0 Å². The van der Waals surface area contributed by atoms with Crippen LogP contribution in [0.2, 0.25) is 0 Å². The molecule has 1 rings (SSSR count). The zero-order chi connectivity index (χ0) is 17.3. The predicted octanol–water partition coefficient (Wildman–Crippen LogP) is 2.90. The van der Waals surface area contributed by atoms with Crippen LogP contribution >= 0.6 is 0 Å². The van der Waals surface area contributed by atoms with Gasteiger partial charge in [-0.25, -0.2) is 4.79 Å². The van der Waals surface area contributed by atoms with E-state index >= 15 is 0 Å². The molecule has 1 aliphatic rings. The summed E-state index contributed by atoms with van der Waals surface area (Å²) < 4.78 is 5.31. The van der Waals surface area contributed by atoms with Crippen molar-refractivity contribution in [2.75, 3.05) is 13.1 Å². The van der Waals surface area contributed by atoms with Gasteiger partial charge in [0.25, 0.3) is 0 Å². The van der Waals surface area contributed by atoms with Gasteiger partial charge in [0.05, 0.1) is 0 Å². The fraction of sp³-hybridized carbons (Fsp3) is 0.588. The topological polar surface area (TPSA) is 63.7 Å². The van der Waals surface area contributed by atoms with Crippen molar-refractivity contribution in [2.45, 2.75) is 46.6 Å². The average molecular weight is 307 g/mol. The molecule has 1 amide bonds. The smallest absolute Gasteiger partial charge is 0.410 e. The van der Waals surface area contributed by atoms with Gasteiger partial charge < -0.3 is 9.64 Å². The van der Waals surface area contributed by atoms with Crippen LogP contribution in [-0.4, -0.2) is 41.3 Å². The Morgan fingerprint density at radius 3 is 1.86 bits per heavy atom. The van der Waals surface area contributed by atoms with Crippen LogP contribution in [-0.2, 0) is 14.3 Å². The summed E-state index contributed by atoms with van der Waals surface area (Å²) in [6.45, 7) is 16.1. The molecule has 0 N–H and O–H groups in total. The maximum absolute atomic E-state index is 12.5. The van der Waals surface area contributed by atoms with Crippen molar-refractivity contribution in [3.05, 3.63) is 24.3 Å². The molecule has 5 heteroatoms. The van der Waals surface area contributed by atoms with Crippen LogP contribution in [0, 0.1) is 5.41 Å².